The predicted molar refractivity (Wildman–Crippen MR) is 584 cm³/mol. The molecule has 14 heterocycles. The molecular weight excluding hydrogens is 1880 g/mol. The Morgan fingerprint density at radius 2 is 0.753 bits per heavy atom. The summed E-state index contributed by atoms with van der Waals surface area (Å²) in [6, 6.07) is 56.0. The van der Waals surface area contributed by atoms with Crippen LogP contribution in [0.2, 0.25) is 0 Å². The van der Waals surface area contributed by atoms with E-state index in [9.17, 15) is 0 Å². The normalized spacial score (nSPS) is 23.4. The maximum atomic E-state index is 5.66. The number of hydrogen-bond acceptors (Lipinski definition) is 26. The number of pyridine rings is 1. The number of methoxy groups -OCH3 is 1. The van der Waals surface area contributed by atoms with Gasteiger partial charge in [-0.15, -0.1) is 0 Å². The molecule has 27 nitrogen and oxygen atoms in total. The SMILES string of the molecule is CC1=NC2(CCc3ccc(-c4c(C)ncnc4C)cc3C2)CO1.CC1=NC2(CCc3ccc(-c4cccnn4)cc3C2)CO1.CC1=NC2(CO1)Cc1ccc(-c3c(C)noc3C)cc1C2.CC1=N[C@@]2(CCc3c(cccc3-c3cccnc3)C2)CO1.CC1=N[C@@]2(CCc3c(cccc3-c3ccnn3C)C2)CO1.CC1=N[C@@]2(CCc3c(cccc3-c3ccoc3)C2)CO1.COc1ccc(-c2cncnc2)c2c1CCC1(COC(C)=N1)C2. The Hall–Kier alpha value is -15.3. The Morgan fingerprint density at radius 3 is 1.22 bits per heavy atom. The summed E-state index contributed by atoms with van der Waals surface area (Å²) in [5, 5.41) is 16.5. The number of rotatable bonds is 8. The molecule has 0 N–H and O–H groups in total. The molecule has 14 aromatic rings. The molecule has 0 radical (unpaired) electrons. The van der Waals surface area contributed by atoms with E-state index in [0.29, 0.717) is 19.8 Å². The molecular formula is C123H129N17O10. The van der Waals surface area contributed by atoms with Gasteiger partial charge in [0.05, 0.1) is 36.7 Å². The number of aryl methyl sites for hydroxylation is 7. The first-order valence-electron chi connectivity index (χ1n) is 52.6. The highest BCUT2D eigenvalue weighted by atomic mass is 16.5. The van der Waals surface area contributed by atoms with Gasteiger partial charge in [-0.25, -0.2) is 54.9 Å². The number of fused-ring (bicyclic) bond motifs is 7. The molecule has 0 saturated carbocycles. The van der Waals surface area contributed by atoms with Gasteiger partial charge in [-0.2, -0.15) is 15.3 Å². The summed E-state index contributed by atoms with van der Waals surface area (Å²) in [5.41, 5.74) is 38.5. The monoisotopic (exact) mass is 2000 g/mol. The molecule has 0 fully saturated rings. The van der Waals surface area contributed by atoms with Crippen LogP contribution in [0.25, 0.3) is 78.1 Å². The van der Waals surface area contributed by atoms with E-state index < -0.39 is 0 Å². The third-order valence-electron chi connectivity index (χ3n) is 32.4. The minimum absolute atomic E-state index is 0.0217. The zero-order chi connectivity index (χ0) is 103. The van der Waals surface area contributed by atoms with Crippen LogP contribution in [0.4, 0.5) is 0 Å². The number of furan rings is 1. The molecule has 7 aromatic heterocycles. The van der Waals surface area contributed by atoms with Gasteiger partial charge in [0.15, 0.2) is 41.3 Å². The van der Waals surface area contributed by atoms with Crippen LogP contribution in [-0.2, 0) is 130 Å². The maximum absolute atomic E-state index is 5.66. The van der Waals surface area contributed by atoms with E-state index in [0.717, 1.165) is 253 Å². The second-order valence-electron chi connectivity index (χ2n) is 42.9. The van der Waals surface area contributed by atoms with E-state index in [1.807, 2.05) is 155 Å². The second-order valence-corrected chi connectivity index (χ2v) is 42.9. The largest absolute Gasteiger partial charge is 0.496 e. The van der Waals surface area contributed by atoms with Gasteiger partial charge in [-0.05, 0) is 253 Å². The van der Waals surface area contributed by atoms with Crippen LogP contribution in [0, 0.1) is 27.7 Å². The van der Waals surface area contributed by atoms with Crippen molar-refractivity contribution in [3.05, 3.63) is 321 Å². The quantitative estimate of drug-likeness (QED) is 0.136. The second kappa shape index (κ2) is 41.3. The summed E-state index contributed by atoms with van der Waals surface area (Å²) < 4.78 is 57.4. The zero-order valence-corrected chi connectivity index (χ0v) is 88.1. The van der Waals surface area contributed by atoms with Gasteiger partial charge in [-0.1, -0.05) is 120 Å². The summed E-state index contributed by atoms with van der Waals surface area (Å²) >= 11 is 0. The molecule has 0 bridgehead atoms. The van der Waals surface area contributed by atoms with Gasteiger partial charge in [0.2, 0.25) is 0 Å². The molecule has 7 aromatic carbocycles. The minimum atomic E-state index is -0.131. The highest BCUT2D eigenvalue weighted by Gasteiger charge is 2.48. The van der Waals surface area contributed by atoms with Crippen LogP contribution in [-0.4, -0.2) is 183 Å². The summed E-state index contributed by atoms with van der Waals surface area (Å²) in [5.74, 6) is 7.59. The van der Waals surface area contributed by atoms with Gasteiger partial charge >= 0.3 is 0 Å². The number of benzene rings is 7. The van der Waals surface area contributed by atoms with Crippen molar-refractivity contribution in [2.45, 2.75) is 243 Å². The molecule has 27 heteroatoms. The van der Waals surface area contributed by atoms with Crippen LogP contribution in [0.1, 0.15) is 188 Å². The van der Waals surface area contributed by atoms with Gasteiger partial charge in [0.25, 0.3) is 0 Å². The third kappa shape index (κ3) is 20.7. The molecule has 7 aliphatic carbocycles. The average Bonchev–Trinajstić information content (AvgIpc) is 1.74. The number of nitrogens with zero attached hydrogens (tertiary/aromatic N) is 17. The molecule has 150 heavy (non-hydrogen) atoms. The van der Waals surface area contributed by atoms with Crippen molar-refractivity contribution >= 4 is 41.3 Å². The molecule has 7 aliphatic heterocycles. The van der Waals surface area contributed by atoms with Crippen molar-refractivity contribution in [3.8, 4) is 83.9 Å². The van der Waals surface area contributed by atoms with E-state index in [2.05, 4.69) is 173 Å². The lowest BCUT2D eigenvalue weighted by Crippen LogP contribution is -2.36. The van der Waals surface area contributed by atoms with Crippen molar-refractivity contribution < 1.29 is 46.8 Å². The Labute approximate surface area is 876 Å². The summed E-state index contributed by atoms with van der Waals surface area (Å²) in [6.07, 6.45) is 38.0. The summed E-state index contributed by atoms with van der Waals surface area (Å²) in [7, 11) is 3.73. The Balaban J connectivity index is 0.0000000989. The molecule has 0 amide bonds. The van der Waals surface area contributed by atoms with E-state index in [4.69, 9.17) is 81.8 Å². The molecule has 766 valence electrons. The first kappa shape index (κ1) is 99.3. The first-order chi connectivity index (χ1) is 72.8. The van der Waals surface area contributed by atoms with Crippen LogP contribution < -0.4 is 4.74 Å². The van der Waals surface area contributed by atoms with Crippen LogP contribution in [0.3, 0.4) is 0 Å². The molecule has 14 aliphatic rings. The number of hydrogen-bond donors (Lipinski definition) is 0. The predicted octanol–water partition coefficient (Wildman–Crippen LogP) is 22.1. The summed E-state index contributed by atoms with van der Waals surface area (Å²) in [4.78, 5) is 54.6. The lowest BCUT2D eigenvalue weighted by molar-refractivity contribution is 0.234. The number of aliphatic imine (C=N–C) groups is 7. The molecule has 7 spiro atoms. The van der Waals surface area contributed by atoms with Gasteiger partial charge in [-0.3, -0.25) is 9.67 Å². The minimum Gasteiger partial charge on any atom is -0.496 e. The van der Waals surface area contributed by atoms with Crippen LogP contribution in [0.15, 0.2) is 264 Å². The van der Waals surface area contributed by atoms with Gasteiger partial charge < -0.3 is 46.8 Å². The van der Waals surface area contributed by atoms with Crippen LogP contribution in [0.5, 0.6) is 5.75 Å². The molecule has 28 rings (SSSR count). The smallest absolute Gasteiger partial charge is 0.180 e. The molecule has 4 unspecified atom stereocenters. The van der Waals surface area contributed by atoms with Crippen molar-refractivity contribution in [1.82, 2.24) is 50.1 Å². The van der Waals surface area contributed by atoms with Crippen molar-refractivity contribution in [1.29, 1.82) is 0 Å². The van der Waals surface area contributed by atoms with E-state index in [-0.39, 0.29) is 38.8 Å². The van der Waals surface area contributed by atoms with Crippen molar-refractivity contribution in [2.24, 2.45) is 42.0 Å². The summed E-state index contributed by atoms with van der Waals surface area (Å²) in [6.45, 7) is 26.7. The standard InChI is InChI=1S/C19H21N3O.C18H19N3O2.C18H18N2O.C17H19N3O.C17H17N3O.C17H18N2O2.C17H17NO2/c1-12-18(13(2)21-11-20-12)16-5-4-15-6-7-19(9-17(15)8-16)10-23-14(3)22-19;1-12-21-18(10-23-12)6-5-15-16(7-18)14(3-4-17(15)22-2)13-8-19-11-20-9-13;1-13-20-18(12-21-13)8-7-17-14(10-18)4-2-6-16(17)15-5-3-9-19-11-15;1-12-19-17(11-21-12)8-6-14-13(10-17)4-3-5-15(14)16-7-9-18-20(16)2;1-12-19-17(11-21-12)7-6-13-4-5-14(9-15(13)10-17)16-3-2-8-18-20-16;1-10-16(11(2)21-19-10)13-4-5-14-7-17(8-15(14)6-13)9-20-12(3)18-17;1-12-18-17(11-20-12)7-5-16-13(9-17)3-2-4-15(16)14-6-8-19-10-14/h4-5,8,11H,6-7,9-10H2,1-3H3;3-4,8-9,11H,5-7,10H2,1-2H3;2-6,9,11H,7-8,10,12H2,1H3;3-5,7,9H,6,8,10-11H2,1-2H3;2-5,8-9H,6-7,10-11H2,1H3;4-6H,7-9H2,1-3H3;2-4,6,8,10H,5,7,9,11H2,1H3/t;;18-;17-;;;17-/m..11..1/s1. The fourth-order valence-electron chi connectivity index (χ4n) is 25.1. The fourth-order valence-corrected chi connectivity index (χ4v) is 25.1. The van der Waals surface area contributed by atoms with Crippen LogP contribution >= 0.6 is 0 Å². The lowest BCUT2D eigenvalue weighted by Gasteiger charge is -2.32. The Bertz CT molecular complexity index is 7620. The van der Waals surface area contributed by atoms with E-state index in [1.165, 1.54) is 128 Å². The number of aromatic nitrogens is 10. The highest BCUT2D eigenvalue weighted by Crippen LogP contribution is 2.49. The van der Waals surface area contributed by atoms with Crippen molar-refractivity contribution in [3.63, 3.8) is 0 Å². The van der Waals surface area contributed by atoms with E-state index in [1.54, 1.807) is 32.2 Å². The van der Waals surface area contributed by atoms with E-state index >= 15 is 0 Å². The van der Waals surface area contributed by atoms with Crippen molar-refractivity contribution in [2.75, 3.05) is 53.4 Å². The van der Waals surface area contributed by atoms with Gasteiger partial charge in [0, 0.05) is 194 Å². The third-order valence-corrected chi connectivity index (χ3v) is 32.4. The lowest BCUT2D eigenvalue weighted by atomic mass is 9.76. The Morgan fingerprint density at radius 1 is 0.320 bits per heavy atom. The Kier molecular flexibility index (Phi) is 27.4. The molecule has 7 atom stereocenters. The average molecular weight is 2010 g/mol. The number of ether oxygens (including phenoxy) is 8. The zero-order valence-electron chi connectivity index (χ0n) is 88.1. The molecule has 0 saturated heterocycles. The van der Waals surface area contributed by atoms with Gasteiger partial charge in [0.1, 0.15) is 109 Å². The highest BCUT2D eigenvalue weighted by molar-refractivity contribution is 5.82. The first-order valence-corrected chi connectivity index (χ1v) is 52.6. The maximum Gasteiger partial charge on any atom is 0.180 e. The fraction of sp³-hybridized carbons (Fsp3) is 0.382. The topological polar surface area (TPSA) is 308 Å².